The van der Waals surface area contributed by atoms with Gasteiger partial charge in [-0.2, -0.15) is 0 Å². The molecule has 0 radical (unpaired) electrons. The van der Waals surface area contributed by atoms with Gasteiger partial charge in [-0.05, 0) is 27.7 Å². The molecule has 2 N–H and O–H groups in total. The Hall–Kier alpha value is -2.05. The van der Waals surface area contributed by atoms with Crippen LogP contribution in [-0.2, 0) is 22.5 Å². The Morgan fingerprint density at radius 2 is 2.05 bits per heavy atom. The molecule has 0 bridgehead atoms. The number of nitrogens with zero attached hydrogens (tertiary/aromatic N) is 2. The first-order chi connectivity index (χ1) is 9.81. The van der Waals surface area contributed by atoms with Crippen LogP contribution in [0.15, 0.2) is 12.5 Å². The second-order valence-corrected chi connectivity index (χ2v) is 5.65. The number of carbonyl (C=O) groups excluding carboxylic acids is 2. The maximum Gasteiger partial charge on any atom is 0.407 e. The first-order valence-electron chi connectivity index (χ1n) is 7.04. The van der Waals surface area contributed by atoms with Gasteiger partial charge in [0.2, 0.25) is 5.91 Å². The lowest BCUT2D eigenvalue weighted by Gasteiger charge is -2.19. The summed E-state index contributed by atoms with van der Waals surface area (Å²) in [5.41, 5.74) is 0.377. The molecule has 0 saturated heterocycles. The van der Waals surface area contributed by atoms with Crippen molar-refractivity contribution in [3.63, 3.8) is 0 Å². The highest BCUT2D eigenvalue weighted by Crippen LogP contribution is 2.06. The molecule has 0 fully saturated rings. The summed E-state index contributed by atoms with van der Waals surface area (Å²) in [7, 11) is 0. The number of rotatable bonds is 6. The van der Waals surface area contributed by atoms with E-state index in [-0.39, 0.29) is 12.5 Å². The molecule has 21 heavy (non-hydrogen) atoms. The largest absolute Gasteiger partial charge is 0.444 e. The van der Waals surface area contributed by atoms with Crippen molar-refractivity contribution in [2.24, 2.45) is 0 Å². The van der Waals surface area contributed by atoms with Gasteiger partial charge < -0.3 is 19.9 Å². The number of ether oxygens (including phenoxy) is 1. The zero-order chi connectivity index (χ0) is 15.9. The van der Waals surface area contributed by atoms with Crippen LogP contribution in [-0.4, -0.2) is 40.2 Å². The van der Waals surface area contributed by atoms with Gasteiger partial charge in [-0.1, -0.05) is 0 Å². The molecule has 1 aromatic rings. The number of hydrogen-bond acceptors (Lipinski definition) is 4. The molecular weight excluding hydrogens is 272 g/mol. The quantitative estimate of drug-likeness (QED) is 0.823. The predicted molar refractivity (Wildman–Crippen MR) is 78.9 cm³/mol. The summed E-state index contributed by atoms with van der Waals surface area (Å²) in [5, 5.41) is 5.41. The van der Waals surface area contributed by atoms with Crippen LogP contribution in [0.3, 0.4) is 0 Å². The first kappa shape index (κ1) is 17.0. The Morgan fingerprint density at radius 3 is 2.67 bits per heavy atom. The number of imidazole rings is 1. The van der Waals surface area contributed by atoms with E-state index in [1.165, 1.54) is 0 Å². The zero-order valence-corrected chi connectivity index (χ0v) is 13.1. The number of amides is 2. The lowest BCUT2D eigenvalue weighted by molar-refractivity contribution is -0.121. The lowest BCUT2D eigenvalue weighted by atomic mass is 10.2. The molecule has 0 atom stereocenters. The van der Waals surface area contributed by atoms with E-state index in [0.717, 1.165) is 5.69 Å². The standard InChI is InChI=1S/C14H24N4O3/c1-5-16-12(19)9-18-10-15-8-11(18)6-7-17-13(20)21-14(2,3)4/h8,10H,5-7,9H2,1-4H3,(H,16,19)(H,17,20). The van der Waals surface area contributed by atoms with Crippen molar-refractivity contribution in [3.05, 3.63) is 18.2 Å². The molecule has 0 aliphatic rings. The number of carbonyl (C=O) groups is 2. The van der Waals surface area contributed by atoms with Crippen molar-refractivity contribution in [1.82, 2.24) is 20.2 Å². The van der Waals surface area contributed by atoms with Crippen LogP contribution < -0.4 is 10.6 Å². The van der Waals surface area contributed by atoms with Crippen LogP contribution >= 0.6 is 0 Å². The summed E-state index contributed by atoms with van der Waals surface area (Å²) in [6.07, 6.45) is 3.43. The van der Waals surface area contributed by atoms with Crippen LogP contribution in [0.2, 0.25) is 0 Å². The summed E-state index contributed by atoms with van der Waals surface area (Å²) in [4.78, 5) is 27.1. The number of hydrogen-bond donors (Lipinski definition) is 2. The van der Waals surface area contributed by atoms with Gasteiger partial charge in [0.1, 0.15) is 12.1 Å². The van der Waals surface area contributed by atoms with Crippen molar-refractivity contribution in [3.8, 4) is 0 Å². The molecule has 0 aliphatic heterocycles. The van der Waals surface area contributed by atoms with Crippen LogP contribution in [0, 0.1) is 0 Å². The molecule has 0 spiro atoms. The molecule has 0 aliphatic carbocycles. The van der Waals surface area contributed by atoms with Crippen molar-refractivity contribution in [2.75, 3.05) is 13.1 Å². The minimum atomic E-state index is -0.510. The third-order valence-corrected chi connectivity index (χ3v) is 2.54. The van der Waals surface area contributed by atoms with Crippen molar-refractivity contribution >= 4 is 12.0 Å². The Balaban J connectivity index is 2.41. The minimum absolute atomic E-state index is 0.0585. The van der Waals surface area contributed by atoms with E-state index in [9.17, 15) is 9.59 Å². The highest BCUT2D eigenvalue weighted by Gasteiger charge is 2.15. The maximum atomic E-state index is 11.6. The highest BCUT2D eigenvalue weighted by atomic mass is 16.6. The van der Waals surface area contributed by atoms with E-state index in [4.69, 9.17) is 4.74 Å². The molecule has 0 unspecified atom stereocenters. The van der Waals surface area contributed by atoms with Gasteiger partial charge in [0.25, 0.3) is 0 Å². The fraction of sp³-hybridized carbons (Fsp3) is 0.643. The highest BCUT2D eigenvalue weighted by molar-refractivity contribution is 5.75. The predicted octanol–water partition coefficient (Wildman–Crippen LogP) is 1.09. The minimum Gasteiger partial charge on any atom is -0.444 e. The number of aromatic nitrogens is 2. The van der Waals surface area contributed by atoms with E-state index < -0.39 is 11.7 Å². The summed E-state index contributed by atoms with van der Waals surface area (Å²) in [5.74, 6) is -0.0585. The summed E-state index contributed by atoms with van der Waals surface area (Å²) >= 11 is 0. The van der Waals surface area contributed by atoms with Gasteiger partial charge in [0.05, 0.1) is 6.33 Å². The molecular formula is C14H24N4O3. The topological polar surface area (TPSA) is 85.3 Å². The Morgan fingerprint density at radius 1 is 1.33 bits per heavy atom. The molecule has 0 aromatic carbocycles. The van der Waals surface area contributed by atoms with Crippen LogP contribution in [0.25, 0.3) is 0 Å². The maximum absolute atomic E-state index is 11.6. The lowest BCUT2D eigenvalue weighted by Crippen LogP contribution is -2.34. The van der Waals surface area contributed by atoms with Crippen LogP contribution in [0.5, 0.6) is 0 Å². The number of nitrogens with one attached hydrogen (secondary N) is 2. The van der Waals surface area contributed by atoms with Gasteiger partial charge in [0.15, 0.2) is 0 Å². The van der Waals surface area contributed by atoms with Gasteiger partial charge in [-0.3, -0.25) is 4.79 Å². The van der Waals surface area contributed by atoms with Crippen molar-refractivity contribution < 1.29 is 14.3 Å². The third kappa shape index (κ3) is 6.78. The summed E-state index contributed by atoms with van der Waals surface area (Å²) < 4.78 is 6.91. The van der Waals surface area contributed by atoms with Gasteiger partial charge in [-0.25, -0.2) is 9.78 Å². The Labute approximate surface area is 125 Å². The fourth-order valence-electron chi connectivity index (χ4n) is 1.71. The number of alkyl carbamates (subject to hydrolysis) is 1. The Kier molecular flexibility index (Phi) is 6.20. The van der Waals surface area contributed by atoms with Gasteiger partial charge in [-0.15, -0.1) is 0 Å². The summed E-state index contributed by atoms with van der Waals surface area (Å²) in [6, 6.07) is 0. The molecule has 1 rings (SSSR count). The van der Waals surface area contributed by atoms with E-state index in [2.05, 4.69) is 15.6 Å². The second kappa shape index (κ2) is 7.66. The number of likely N-dealkylation sites (N-methyl/N-ethyl adjacent to an activating group) is 1. The van der Waals surface area contributed by atoms with Gasteiger partial charge >= 0.3 is 6.09 Å². The van der Waals surface area contributed by atoms with E-state index >= 15 is 0 Å². The van der Waals surface area contributed by atoms with E-state index in [1.807, 2.05) is 27.7 Å². The van der Waals surface area contributed by atoms with Crippen LogP contribution in [0.1, 0.15) is 33.4 Å². The SMILES string of the molecule is CCNC(=O)Cn1cncc1CCNC(=O)OC(C)(C)C. The molecule has 7 heteroatoms. The summed E-state index contributed by atoms with van der Waals surface area (Å²) in [6.45, 7) is 8.57. The van der Waals surface area contributed by atoms with E-state index in [0.29, 0.717) is 19.5 Å². The molecule has 118 valence electrons. The normalized spacial score (nSPS) is 11.0. The van der Waals surface area contributed by atoms with Crippen molar-refractivity contribution in [1.29, 1.82) is 0 Å². The second-order valence-electron chi connectivity index (χ2n) is 5.65. The molecule has 2 amide bonds. The molecule has 1 aromatic heterocycles. The third-order valence-electron chi connectivity index (χ3n) is 2.54. The average Bonchev–Trinajstić information content (AvgIpc) is 2.74. The molecule has 7 nitrogen and oxygen atoms in total. The van der Waals surface area contributed by atoms with Crippen molar-refractivity contribution in [2.45, 2.75) is 46.3 Å². The molecule has 0 saturated carbocycles. The van der Waals surface area contributed by atoms with Crippen LogP contribution in [0.4, 0.5) is 4.79 Å². The van der Waals surface area contributed by atoms with E-state index in [1.54, 1.807) is 17.1 Å². The Bertz CT molecular complexity index is 477. The fourth-order valence-corrected chi connectivity index (χ4v) is 1.71. The smallest absolute Gasteiger partial charge is 0.407 e. The first-order valence-corrected chi connectivity index (χ1v) is 7.04. The monoisotopic (exact) mass is 296 g/mol. The average molecular weight is 296 g/mol. The molecule has 1 heterocycles. The van der Waals surface area contributed by atoms with Gasteiger partial charge in [0, 0.05) is 31.4 Å². The zero-order valence-electron chi connectivity index (χ0n) is 13.1.